The predicted molar refractivity (Wildman–Crippen MR) is 108 cm³/mol. The van der Waals surface area contributed by atoms with Gasteiger partial charge in [0.2, 0.25) is 0 Å². The number of carbonyl (C=O) groups excluding carboxylic acids is 1. The van der Waals surface area contributed by atoms with Crippen molar-refractivity contribution in [2.75, 3.05) is 26.2 Å². The molecule has 2 fully saturated rings. The number of rotatable bonds is 2. The zero-order chi connectivity index (χ0) is 19.0. The molecule has 0 N–H and O–H groups in total. The zero-order valence-electron chi connectivity index (χ0n) is 16.4. The Kier molecular flexibility index (Phi) is 4.63. The minimum Gasteiger partial charge on any atom is -0.337 e. The largest absolute Gasteiger partial charge is 0.337 e. The van der Waals surface area contributed by atoms with Crippen LogP contribution < -0.4 is 0 Å². The molecule has 2 aliphatic heterocycles. The third kappa shape index (κ3) is 3.02. The van der Waals surface area contributed by atoms with Gasteiger partial charge in [0.1, 0.15) is 5.69 Å². The van der Waals surface area contributed by atoms with Crippen LogP contribution in [0.2, 0.25) is 0 Å². The lowest BCUT2D eigenvalue weighted by molar-refractivity contribution is 0.0626. The Morgan fingerprint density at radius 1 is 1.00 bits per heavy atom. The fraction of sp³-hybridized carbons (Fsp3) is 0.522. The summed E-state index contributed by atoms with van der Waals surface area (Å²) in [6.07, 6.45) is 12.0. The van der Waals surface area contributed by atoms with E-state index in [1.165, 1.54) is 38.8 Å². The third-order valence-electron chi connectivity index (χ3n) is 7.16. The average Bonchev–Trinajstić information content (AvgIpc) is 3.30. The van der Waals surface area contributed by atoms with E-state index in [1.54, 1.807) is 29.7 Å². The SMILES string of the molecule is O=C(c1cnccn1)N1CCC2(CCC(N3CCCC3)c3ccccc32)CC1. The Balaban J connectivity index is 1.36. The lowest BCUT2D eigenvalue weighted by Crippen LogP contribution is -2.48. The van der Waals surface area contributed by atoms with E-state index in [2.05, 4.69) is 39.1 Å². The first-order valence-corrected chi connectivity index (χ1v) is 10.7. The topological polar surface area (TPSA) is 49.3 Å². The lowest BCUT2D eigenvalue weighted by Gasteiger charge is -2.48. The second-order valence-corrected chi connectivity index (χ2v) is 8.55. The van der Waals surface area contributed by atoms with Crippen molar-refractivity contribution in [3.8, 4) is 0 Å². The summed E-state index contributed by atoms with van der Waals surface area (Å²) in [7, 11) is 0. The van der Waals surface area contributed by atoms with Crippen molar-refractivity contribution < 1.29 is 4.79 Å². The van der Waals surface area contributed by atoms with E-state index in [0.29, 0.717) is 11.7 Å². The molecule has 1 unspecified atom stereocenters. The zero-order valence-corrected chi connectivity index (χ0v) is 16.4. The number of nitrogens with zero attached hydrogens (tertiary/aromatic N) is 4. The highest BCUT2D eigenvalue weighted by Gasteiger charge is 2.44. The molecule has 1 atom stereocenters. The van der Waals surface area contributed by atoms with Gasteiger partial charge in [-0.2, -0.15) is 0 Å². The molecule has 3 aliphatic rings. The quantitative estimate of drug-likeness (QED) is 0.804. The molecule has 1 aliphatic carbocycles. The van der Waals surface area contributed by atoms with Gasteiger partial charge in [0.15, 0.2) is 0 Å². The fourth-order valence-electron chi connectivity index (χ4n) is 5.63. The van der Waals surface area contributed by atoms with E-state index < -0.39 is 0 Å². The molecule has 0 bridgehead atoms. The van der Waals surface area contributed by atoms with Crippen molar-refractivity contribution in [3.05, 3.63) is 59.7 Å². The van der Waals surface area contributed by atoms with E-state index in [0.717, 1.165) is 25.9 Å². The van der Waals surface area contributed by atoms with Crippen LogP contribution in [0.4, 0.5) is 0 Å². The van der Waals surface area contributed by atoms with Crippen molar-refractivity contribution in [1.82, 2.24) is 19.8 Å². The maximum Gasteiger partial charge on any atom is 0.274 e. The Labute approximate surface area is 166 Å². The molecule has 1 spiro atoms. The van der Waals surface area contributed by atoms with Gasteiger partial charge >= 0.3 is 0 Å². The fourth-order valence-corrected chi connectivity index (χ4v) is 5.63. The first-order chi connectivity index (χ1) is 13.8. The summed E-state index contributed by atoms with van der Waals surface area (Å²) in [5.74, 6) is 0.0157. The second-order valence-electron chi connectivity index (χ2n) is 8.55. The summed E-state index contributed by atoms with van der Waals surface area (Å²) in [6, 6.07) is 9.70. The van der Waals surface area contributed by atoms with E-state index >= 15 is 0 Å². The first-order valence-electron chi connectivity index (χ1n) is 10.7. The van der Waals surface area contributed by atoms with Gasteiger partial charge in [-0.05, 0) is 68.2 Å². The Bertz CT molecular complexity index is 839. The van der Waals surface area contributed by atoms with Crippen molar-refractivity contribution in [3.63, 3.8) is 0 Å². The third-order valence-corrected chi connectivity index (χ3v) is 7.16. The highest BCUT2D eigenvalue weighted by molar-refractivity contribution is 5.92. The van der Waals surface area contributed by atoms with Crippen molar-refractivity contribution >= 4 is 5.91 Å². The van der Waals surface area contributed by atoms with Gasteiger partial charge in [-0.3, -0.25) is 14.7 Å². The summed E-state index contributed by atoms with van der Waals surface area (Å²) in [5.41, 5.74) is 3.78. The van der Waals surface area contributed by atoms with Gasteiger partial charge in [0.05, 0.1) is 6.20 Å². The van der Waals surface area contributed by atoms with Crippen molar-refractivity contribution in [1.29, 1.82) is 0 Å². The molecule has 146 valence electrons. The smallest absolute Gasteiger partial charge is 0.274 e. The van der Waals surface area contributed by atoms with Crippen LogP contribution in [0, 0.1) is 0 Å². The minimum absolute atomic E-state index is 0.0157. The maximum absolute atomic E-state index is 12.8. The van der Waals surface area contributed by atoms with Crippen LogP contribution in [0.25, 0.3) is 0 Å². The van der Waals surface area contributed by atoms with Gasteiger partial charge in [-0.15, -0.1) is 0 Å². The van der Waals surface area contributed by atoms with Gasteiger partial charge in [-0.1, -0.05) is 24.3 Å². The number of benzene rings is 1. The van der Waals surface area contributed by atoms with Gasteiger partial charge < -0.3 is 4.90 Å². The van der Waals surface area contributed by atoms with Crippen molar-refractivity contribution in [2.45, 2.75) is 50.0 Å². The molecule has 1 aromatic heterocycles. The molecule has 2 saturated heterocycles. The summed E-state index contributed by atoms with van der Waals surface area (Å²) in [5, 5.41) is 0. The van der Waals surface area contributed by atoms with Crippen LogP contribution in [0.5, 0.6) is 0 Å². The number of hydrogen-bond acceptors (Lipinski definition) is 4. The molecule has 5 heteroatoms. The number of likely N-dealkylation sites (tertiary alicyclic amines) is 2. The molecular formula is C23H28N4O. The molecule has 2 aromatic rings. The molecule has 5 nitrogen and oxygen atoms in total. The van der Waals surface area contributed by atoms with Crippen molar-refractivity contribution in [2.24, 2.45) is 0 Å². The Morgan fingerprint density at radius 2 is 1.79 bits per heavy atom. The first kappa shape index (κ1) is 17.8. The van der Waals surface area contributed by atoms with Crippen LogP contribution in [-0.4, -0.2) is 51.9 Å². The van der Waals surface area contributed by atoms with Gasteiger partial charge in [0, 0.05) is 31.5 Å². The number of aromatic nitrogens is 2. The number of carbonyl (C=O) groups is 1. The average molecular weight is 377 g/mol. The summed E-state index contributed by atoms with van der Waals surface area (Å²) in [6.45, 7) is 4.09. The van der Waals surface area contributed by atoms with Gasteiger partial charge in [0.25, 0.3) is 5.91 Å². The standard InChI is InChI=1S/C23H28N4O/c28-22(20-17-24-11-12-25-20)27-15-9-23(10-16-27)8-7-21(26-13-3-4-14-26)18-5-1-2-6-19(18)23/h1-2,5-6,11-12,17,21H,3-4,7-10,13-16H2. The normalized spacial score (nSPS) is 24.3. The molecule has 5 rings (SSSR count). The molecule has 28 heavy (non-hydrogen) atoms. The highest BCUT2D eigenvalue weighted by Crippen LogP contribution is 2.49. The monoisotopic (exact) mass is 376 g/mol. The predicted octanol–water partition coefficient (Wildman–Crippen LogP) is 3.58. The number of piperidine rings is 1. The van der Waals surface area contributed by atoms with E-state index in [4.69, 9.17) is 0 Å². The van der Waals surface area contributed by atoms with Crippen LogP contribution in [-0.2, 0) is 5.41 Å². The summed E-state index contributed by atoms with van der Waals surface area (Å²) in [4.78, 5) is 25.6. The number of amides is 1. The Hall–Kier alpha value is -2.27. The molecule has 0 saturated carbocycles. The molecular weight excluding hydrogens is 348 g/mol. The number of hydrogen-bond donors (Lipinski definition) is 0. The van der Waals surface area contributed by atoms with Crippen LogP contribution in [0.15, 0.2) is 42.9 Å². The molecule has 0 radical (unpaired) electrons. The Morgan fingerprint density at radius 3 is 2.54 bits per heavy atom. The lowest BCUT2D eigenvalue weighted by atomic mass is 9.63. The minimum atomic E-state index is 0.0157. The summed E-state index contributed by atoms with van der Waals surface area (Å²) >= 11 is 0. The molecule has 1 aromatic carbocycles. The summed E-state index contributed by atoms with van der Waals surface area (Å²) < 4.78 is 0. The van der Waals surface area contributed by atoms with E-state index in [1.807, 2.05) is 4.90 Å². The number of fused-ring (bicyclic) bond motifs is 2. The van der Waals surface area contributed by atoms with E-state index in [9.17, 15) is 4.79 Å². The second kappa shape index (κ2) is 7.28. The van der Waals surface area contributed by atoms with E-state index in [-0.39, 0.29) is 11.3 Å². The van der Waals surface area contributed by atoms with Crippen LogP contribution in [0.3, 0.4) is 0 Å². The maximum atomic E-state index is 12.8. The highest BCUT2D eigenvalue weighted by atomic mass is 16.2. The molecule has 1 amide bonds. The van der Waals surface area contributed by atoms with Gasteiger partial charge in [-0.25, -0.2) is 4.98 Å². The molecule has 3 heterocycles. The van der Waals surface area contributed by atoms with Crippen LogP contribution >= 0.6 is 0 Å². The van der Waals surface area contributed by atoms with Crippen LogP contribution in [0.1, 0.15) is 66.2 Å².